The molecule has 2 rings (SSSR count). The van der Waals surface area contributed by atoms with Crippen molar-refractivity contribution in [2.24, 2.45) is 5.92 Å². The Morgan fingerprint density at radius 1 is 1.42 bits per heavy atom. The first kappa shape index (κ1) is 14.0. The van der Waals surface area contributed by atoms with E-state index in [0.717, 1.165) is 31.2 Å². The molecule has 1 saturated carbocycles. The van der Waals surface area contributed by atoms with Crippen LogP contribution in [0, 0.1) is 5.92 Å². The van der Waals surface area contributed by atoms with Crippen LogP contribution in [0.3, 0.4) is 0 Å². The fourth-order valence-electron chi connectivity index (χ4n) is 2.78. The summed E-state index contributed by atoms with van der Waals surface area (Å²) in [5, 5.41) is 3.30. The van der Waals surface area contributed by atoms with Gasteiger partial charge in [-0.15, -0.1) is 0 Å². The summed E-state index contributed by atoms with van der Waals surface area (Å²) in [5.74, 6) is 0.477. The largest absolute Gasteiger partial charge is 0.341 e. The van der Waals surface area contributed by atoms with Gasteiger partial charge in [-0.3, -0.25) is 9.78 Å². The Morgan fingerprint density at radius 3 is 2.74 bits per heavy atom. The van der Waals surface area contributed by atoms with E-state index in [-0.39, 0.29) is 11.8 Å². The first-order chi connectivity index (χ1) is 9.20. The molecule has 1 aliphatic rings. The molecule has 0 radical (unpaired) electrons. The van der Waals surface area contributed by atoms with Crippen LogP contribution in [-0.4, -0.2) is 35.9 Å². The smallest absolute Gasteiger partial charge is 0.225 e. The van der Waals surface area contributed by atoms with Crippen molar-refractivity contribution >= 4 is 5.91 Å². The number of nitrogens with one attached hydrogen (secondary N) is 1. The molecule has 0 aromatic carbocycles. The normalized spacial score (nSPS) is 23.1. The van der Waals surface area contributed by atoms with Gasteiger partial charge in [0, 0.05) is 37.9 Å². The van der Waals surface area contributed by atoms with E-state index in [1.54, 1.807) is 6.20 Å². The fourth-order valence-corrected chi connectivity index (χ4v) is 2.78. The van der Waals surface area contributed by atoms with Crippen LogP contribution >= 0.6 is 0 Å². The van der Waals surface area contributed by atoms with E-state index >= 15 is 0 Å². The number of hydrogen-bond acceptors (Lipinski definition) is 3. The fraction of sp³-hybridized carbons (Fsp3) is 0.600. The number of rotatable bonds is 4. The molecular weight excluding hydrogens is 238 g/mol. The maximum Gasteiger partial charge on any atom is 0.225 e. The van der Waals surface area contributed by atoms with Crippen LogP contribution in [0.2, 0.25) is 0 Å². The number of aromatic nitrogens is 1. The van der Waals surface area contributed by atoms with E-state index in [4.69, 9.17) is 0 Å². The Bertz CT molecular complexity index is 399. The van der Waals surface area contributed by atoms with Crippen LogP contribution in [0.4, 0.5) is 0 Å². The summed E-state index contributed by atoms with van der Waals surface area (Å²) in [7, 11) is 3.89. The second-order valence-corrected chi connectivity index (χ2v) is 5.39. The topological polar surface area (TPSA) is 45.2 Å². The lowest BCUT2D eigenvalue weighted by atomic mass is 9.85. The van der Waals surface area contributed by atoms with Crippen molar-refractivity contribution in [3.05, 3.63) is 30.1 Å². The molecule has 1 amide bonds. The summed E-state index contributed by atoms with van der Waals surface area (Å²) in [5.41, 5.74) is 1.09. The van der Waals surface area contributed by atoms with Crippen molar-refractivity contribution in [2.75, 3.05) is 14.1 Å². The van der Waals surface area contributed by atoms with E-state index in [9.17, 15) is 4.79 Å². The van der Waals surface area contributed by atoms with Crippen LogP contribution in [0.1, 0.15) is 31.2 Å². The zero-order chi connectivity index (χ0) is 13.7. The van der Waals surface area contributed by atoms with Crippen LogP contribution in [0.5, 0.6) is 0 Å². The quantitative estimate of drug-likeness (QED) is 0.899. The van der Waals surface area contributed by atoms with Gasteiger partial charge in [0.2, 0.25) is 5.91 Å². The van der Waals surface area contributed by atoms with Crippen LogP contribution < -0.4 is 5.32 Å². The van der Waals surface area contributed by atoms with Crippen molar-refractivity contribution in [3.63, 3.8) is 0 Å². The molecule has 4 nitrogen and oxygen atoms in total. The Hall–Kier alpha value is -1.42. The van der Waals surface area contributed by atoms with Gasteiger partial charge in [0.1, 0.15) is 0 Å². The van der Waals surface area contributed by atoms with Crippen molar-refractivity contribution in [1.29, 1.82) is 0 Å². The first-order valence-corrected chi connectivity index (χ1v) is 7.02. The minimum absolute atomic E-state index is 0.200. The van der Waals surface area contributed by atoms with Crippen LogP contribution in [0.15, 0.2) is 24.5 Å². The number of amides is 1. The first-order valence-electron chi connectivity index (χ1n) is 7.02. The van der Waals surface area contributed by atoms with Crippen molar-refractivity contribution in [3.8, 4) is 0 Å². The lowest BCUT2D eigenvalue weighted by Crippen LogP contribution is -2.38. The van der Waals surface area contributed by atoms with Gasteiger partial charge in [-0.05, 0) is 44.4 Å². The minimum Gasteiger partial charge on any atom is -0.341 e. The zero-order valence-corrected chi connectivity index (χ0v) is 11.8. The summed E-state index contributed by atoms with van der Waals surface area (Å²) in [6.07, 6.45) is 7.79. The number of carbonyl (C=O) groups is 1. The van der Waals surface area contributed by atoms with E-state index in [0.29, 0.717) is 12.6 Å². The van der Waals surface area contributed by atoms with Gasteiger partial charge in [0.15, 0.2) is 0 Å². The van der Waals surface area contributed by atoms with Crippen molar-refractivity contribution in [2.45, 2.75) is 38.3 Å². The molecule has 0 unspecified atom stereocenters. The van der Waals surface area contributed by atoms with Crippen molar-refractivity contribution < 1.29 is 4.79 Å². The molecule has 1 heterocycles. The second-order valence-electron chi connectivity index (χ2n) is 5.39. The Balaban J connectivity index is 1.86. The summed E-state index contributed by atoms with van der Waals surface area (Å²) in [6.45, 7) is 0.651. The maximum atomic E-state index is 12.4. The molecule has 1 aromatic rings. The molecule has 104 valence electrons. The number of pyridine rings is 1. The lowest BCUT2D eigenvalue weighted by molar-refractivity contribution is -0.135. The van der Waals surface area contributed by atoms with Gasteiger partial charge in [0.25, 0.3) is 0 Å². The molecule has 0 atom stereocenters. The van der Waals surface area contributed by atoms with Gasteiger partial charge in [0.05, 0.1) is 0 Å². The van der Waals surface area contributed by atoms with Crippen LogP contribution in [-0.2, 0) is 11.3 Å². The number of carbonyl (C=O) groups excluding carboxylic acids is 1. The summed E-state index contributed by atoms with van der Waals surface area (Å²) in [4.78, 5) is 18.3. The number of hydrogen-bond donors (Lipinski definition) is 1. The highest BCUT2D eigenvalue weighted by Gasteiger charge is 2.27. The predicted octanol–water partition coefficient (Wildman–Crippen LogP) is 1.82. The lowest BCUT2D eigenvalue weighted by Gasteiger charge is -2.30. The third kappa shape index (κ3) is 3.77. The minimum atomic E-state index is 0.200. The Labute approximate surface area is 115 Å². The number of nitrogens with zero attached hydrogens (tertiary/aromatic N) is 2. The maximum absolute atomic E-state index is 12.4. The molecule has 0 bridgehead atoms. The third-order valence-electron chi connectivity index (χ3n) is 4.00. The summed E-state index contributed by atoms with van der Waals surface area (Å²) < 4.78 is 0. The average molecular weight is 261 g/mol. The Kier molecular flexibility index (Phi) is 4.91. The summed E-state index contributed by atoms with van der Waals surface area (Å²) >= 11 is 0. The van der Waals surface area contributed by atoms with Gasteiger partial charge < -0.3 is 10.2 Å². The molecule has 1 N–H and O–H groups in total. The van der Waals surface area contributed by atoms with Gasteiger partial charge in [-0.1, -0.05) is 6.07 Å². The standard InChI is InChI=1S/C15H23N3O/c1-16-14-7-5-13(6-8-14)15(19)18(2)11-12-4-3-9-17-10-12/h3-4,9-10,13-14,16H,5-8,11H2,1-2H3. The van der Waals surface area contributed by atoms with Crippen molar-refractivity contribution in [1.82, 2.24) is 15.2 Å². The average Bonchev–Trinajstić information content (AvgIpc) is 2.47. The molecule has 4 heteroatoms. The summed E-state index contributed by atoms with van der Waals surface area (Å²) in [6, 6.07) is 4.51. The van der Waals surface area contributed by atoms with Gasteiger partial charge >= 0.3 is 0 Å². The molecule has 1 aliphatic carbocycles. The predicted molar refractivity (Wildman–Crippen MR) is 75.5 cm³/mol. The van der Waals surface area contributed by atoms with E-state index in [1.165, 1.54) is 0 Å². The highest BCUT2D eigenvalue weighted by Crippen LogP contribution is 2.25. The SMILES string of the molecule is CNC1CCC(C(=O)N(C)Cc2cccnc2)CC1. The van der Waals surface area contributed by atoms with Gasteiger partial charge in [-0.25, -0.2) is 0 Å². The zero-order valence-electron chi connectivity index (χ0n) is 11.8. The Morgan fingerprint density at radius 2 is 2.16 bits per heavy atom. The van der Waals surface area contributed by atoms with E-state index in [1.807, 2.05) is 37.3 Å². The molecule has 0 spiro atoms. The van der Waals surface area contributed by atoms with E-state index < -0.39 is 0 Å². The second kappa shape index (κ2) is 6.66. The monoisotopic (exact) mass is 261 g/mol. The van der Waals surface area contributed by atoms with Gasteiger partial charge in [-0.2, -0.15) is 0 Å². The molecule has 19 heavy (non-hydrogen) atoms. The molecular formula is C15H23N3O. The molecule has 0 aliphatic heterocycles. The molecule has 1 fully saturated rings. The van der Waals surface area contributed by atoms with E-state index in [2.05, 4.69) is 10.3 Å². The van der Waals surface area contributed by atoms with Crippen LogP contribution in [0.25, 0.3) is 0 Å². The highest BCUT2D eigenvalue weighted by molar-refractivity contribution is 5.78. The third-order valence-corrected chi connectivity index (χ3v) is 4.00. The molecule has 1 aromatic heterocycles. The molecule has 0 saturated heterocycles. The highest BCUT2D eigenvalue weighted by atomic mass is 16.2.